The number of anilines is 3. The highest BCUT2D eigenvalue weighted by Gasteiger charge is 2.30. The second-order valence-electron chi connectivity index (χ2n) is 8.64. The Labute approximate surface area is 200 Å². The number of pyridine rings is 1. The fraction of sp³-hybridized carbons (Fsp3) is 0.231. The Morgan fingerprint density at radius 1 is 1.03 bits per heavy atom. The van der Waals surface area contributed by atoms with Crippen molar-refractivity contribution in [2.45, 2.75) is 32.4 Å². The van der Waals surface area contributed by atoms with E-state index in [-0.39, 0.29) is 0 Å². The maximum absolute atomic E-state index is 12.9. The van der Waals surface area contributed by atoms with Crippen molar-refractivity contribution >= 4 is 34.4 Å². The van der Waals surface area contributed by atoms with Crippen molar-refractivity contribution in [2.24, 2.45) is 11.0 Å². The molecule has 2 aromatic heterocycles. The lowest BCUT2D eigenvalue weighted by atomic mass is 10.0. The molecule has 178 valence electrons. The molecule has 5 rings (SSSR count). The fourth-order valence-electron chi connectivity index (χ4n) is 3.86. The Bertz CT molecular complexity index is 1380. The van der Waals surface area contributed by atoms with E-state index in [2.05, 4.69) is 42.9 Å². The third-order valence-corrected chi connectivity index (χ3v) is 5.83. The van der Waals surface area contributed by atoms with Crippen molar-refractivity contribution < 1.29 is 13.2 Å². The monoisotopic (exact) mass is 476 g/mol. The van der Waals surface area contributed by atoms with Crippen molar-refractivity contribution in [3.63, 3.8) is 0 Å². The number of fused-ring (bicyclic) bond motifs is 1. The quantitative estimate of drug-likeness (QED) is 0.235. The second kappa shape index (κ2) is 9.32. The first kappa shape index (κ1) is 22.8. The molecule has 1 fully saturated rings. The number of benzene rings is 2. The maximum Gasteiger partial charge on any atom is 0.416 e. The zero-order valence-electron chi connectivity index (χ0n) is 19.0. The number of hydrogen-bond acceptors (Lipinski definition) is 6. The number of aromatic nitrogens is 3. The summed E-state index contributed by atoms with van der Waals surface area (Å²) in [5.41, 5.74) is 6.69. The van der Waals surface area contributed by atoms with Crippen LogP contribution in [0.25, 0.3) is 10.9 Å². The standard InChI is InChI=1S/C26H23F3N6/c1-16-23-7-2-4-18(12-17-8-9-17)24(23)34-25(32-16)35-31-15-21-10-11-22(14-30-21)33-20-6-3-5-19(13-20)26(27,28)29/h2-7,10-11,13-15,17,33H,8-9,12H2,1H3,(H,32,34,35)/b31-15+. The minimum absolute atomic E-state index is 0.328. The van der Waals surface area contributed by atoms with Crippen LogP contribution in [0.4, 0.5) is 30.5 Å². The van der Waals surface area contributed by atoms with Gasteiger partial charge in [-0.1, -0.05) is 24.3 Å². The van der Waals surface area contributed by atoms with E-state index in [1.165, 1.54) is 36.9 Å². The number of hydrazone groups is 1. The highest BCUT2D eigenvalue weighted by molar-refractivity contribution is 5.85. The average Bonchev–Trinajstić information content (AvgIpc) is 3.65. The number of nitrogens with one attached hydrogen (secondary N) is 2. The van der Waals surface area contributed by atoms with Gasteiger partial charge in [0.05, 0.1) is 40.6 Å². The SMILES string of the molecule is Cc1nc(N/N=C/c2ccc(Nc3cccc(C(F)(F)F)c3)cn2)nc2c(CC3CC3)cccc12. The van der Waals surface area contributed by atoms with Gasteiger partial charge in [-0.3, -0.25) is 4.98 Å². The van der Waals surface area contributed by atoms with Crippen LogP contribution in [0.1, 0.15) is 35.4 Å². The molecule has 9 heteroatoms. The first-order chi connectivity index (χ1) is 16.8. The summed E-state index contributed by atoms with van der Waals surface area (Å²) in [7, 11) is 0. The maximum atomic E-state index is 12.9. The third-order valence-electron chi connectivity index (χ3n) is 5.83. The normalized spacial score (nSPS) is 13.9. The van der Waals surface area contributed by atoms with Gasteiger partial charge in [0.1, 0.15) is 0 Å². The van der Waals surface area contributed by atoms with E-state index >= 15 is 0 Å². The van der Waals surface area contributed by atoms with Crippen molar-refractivity contribution in [3.8, 4) is 0 Å². The predicted octanol–water partition coefficient (Wildman–Crippen LogP) is 6.49. The van der Waals surface area contributed by atoms with E-state index in [9.17, 15) is 13.2 Å². The van der Waals surface area contributed by atoms with Gasteiger partial charge in [0.2, 0.25) is 5.95 Å². The molecule has 0 atom stereocenters. The van der Waals surface area contributed by atoms with Crippen molar-refractivity contribution in [3.05, 3.63) is 83.3 Å². The molecular weight excluding hydrogens is 453 g/mol. The molecule has 0 aliphatic heterocycles. The van der Waals surface area contributed by atoms with E-state index in [0.717, 1.165) is 41.1 Å². The third kappa shape index (κ3) is 5.56. The number of para-hydroxylation sites is 1. The summed E-state index contributed by atoms with van der Waals surface area (Å²) in [5, 5.41) is 8.18. The molecule has 0 bridgehead atoms. The van der Waals surface area contributed by atoms with Crippen LogP contribution in [0.3, 0.4) is 0 Å². The number of nitrogens with zero attached hydrogens (tertiary/aromatic N) is 4. The van der Waals surface area contributed by atoms with Crippen LogP contribution >= 0.6 is 0 Å². The minimum atomic E-state index is -4.39. The van der Waals surface area contributed by atoms with Crippen molar-refractivity contribution in [1.29, 1.82) is 0 Å². The first-order valence-corrected chi connectivity index (χ1v) is 11.3. The van der Waals surface area contributed by atoms with Gasteiger partial charge in [0.25, 0.3) is 0 Å². The van der Waals surface area contributed by atoms with Gasteiger partial charge in [-0.25, -0.2) is 15.4 Å². The van der Waals surface area contributed by atoms with Crippen LogP contribution in [-0.2, 0) is 12.6 Å². The second-order valence-corrected chi connectivity index (χ2v) is 8.64. The van der Waals surface area contributed by atoms with Gasteiger partial charge < -0.3 is 5.32 Å². The average molecular weight is 477 g/mol. The molecule has 1 aliphatic carbocycles. The summed E-state index contributed by atoms with van der Waals surface area (Å²) in [6.07, 6.45) is 2.25. The Morgan fingerprint density at radius 2 is 1.86 bits per heavy atom. The van der Waals surface area contributed by atoms with Crippen molar-refractivity contribution in [2.75, 3.05) is 10.7 Å². The lowest BCUT2D eigenvalue weighted by molar-refractivity contribution is -0.137. The minimum Gasteiger partial charge on any atom is -0.354 e. The molecule has 0 spiro atoms. The van der Waals surface area contributed by atoms with E-state index in [1.807, 2.05) is 13.0 Å². The number of rotatable bonds is 7. The predicted molar refractivity (Wildman–Crippen MR) is 131 cm³/mol. The molecule has 35 heavy (non-hydrogen) atoms. The Kier molecular flexibility index (Phi) is 6.07. The summed E-state index contributed by atoms with van der Waals surface area (Å²) in [5.74, 6) is 1.17. The summed E-state index contributed by atoms with van der Waals surface area (Å²) in [6.45, 7) is 1.96. The summed E-state index contributed by atoms with van der Waals surface area (Å²) >= 11 is 0. The summed E-state index contributed by atoms with van der Waals surface area (Å²) in [4.78, 5) is 13.5. The molecule has 4 aromatic rings. The topological polar surface area (TPSA) is 75.1 Å². The van der Waals surface area contributed by atoms with E-state index < -0.39 is 11.7 Å². The van der Waals surface area contributed by atoms with E-state index in [1.54, 1.807) is 18.2 Å². The molecule has 0 radical (unpaired) electrons. The smallest absolute Gasteiger partial charge is 0.354 e. The molecule has 1 saturated carbocycles. The molecule has 6 nitrogen and oxygen atoms in total. The molecule has 0 saturated heterocycles. The van der Waals surface area contributed by atoms with Crippen LogP contribution in [0.5, 0.6) is 0 Å². The number of halogens is 3. The summed E-state index contributed by atoms with van der Waals surface area (Å²) in [6, 6.07) is 14.7. The molecule has 2 aromatic carbocycles. The summed E-state index contributed by atoms with van der Waals surface area (Å²) < 4.78 is 38.7. The molecule has 0 unspecified atom stereocenters. The number of hydrogen-bond donors (Lipinski definition) is 2. The zero-order valence-corrected chi connectivity index (χ0v) is 19.0. The largest absolute Gasteiger partial charge is 0.416 e. The van der Waals surface area contributed by atoms with Crippen LogP contribution in [0.2, 0.25) is 0 Å². The highest BCUT2D eigenvalue weighted by atomic mass is 19.4. The Hall–Kier alpha value is -4.01. The van der Waals surface area contributed by atoms with E-state index in [4.69, 9.17) is 0 Å². The lowest BCUT2D eigenvalue weighted by Crippen LogP contribution is -2.05. The molecule has 0 amide bonds. The number of aryl methyl sites for hydroxylation is 1. The fourth-order valence-corrected chi connectivity index (χ4v) is 3.86. The molecule has 1 aliphatic rings. The van der Waals surface area contributed by atoms with Crippen LogP contribution in [0, 0.1) is 12.8 Å². The molecule has 2 N–H and O–H groups in total. The highest BCUT2D eigenvalue weighted by Crippen LogP contribution is 2.35. The van der Waals surface area contributed by atoms with Gasteiger partial charge in [-0.15, -0.1) is 0 Å². The number of alkyl halides is 3. The lowest BCUT2D eigenvalue weighted by Gasteiger charge is -2.10. The van der Waals surface area contributed by atoms with Gasteiger partial charge in [0, 0.05) is 11.1 Å². The first-order valence-electron chi connectivity index (χ1n) is 11.3. The Balaban J connectivity index is 1.26. The van der Waals surface area contributed by atoms with Gasteiger partial charge >= 0.3 is 6.18 Å². The van der Waals surface area contributed by atoms with Gasteiger partial charge in [0.15, 0.2) is 0 Å². The molecular formula is C26H23F3N6. The molecule has 2 heterocycles. The van der Waals surface area contributed by atoms with E-state index in [0.29, 0.717) is 23.0 Å². The zero-order chi connectivity index (χ0) is 24.4. The van der Waals surface area contributed by atoms with Crippen LogP contribution in [-0.4, -0.2) is 21.2 Å². The van der Waals surface area contributed by atoms with Gasteiger partial charge in [-0.05, 0) is 68.0 Å². The Morgan fingerprint density at radius 3 is 2.60 bits per heavy atom. The van der Waals surface area contributed by atoms with Crippen LogP contribution in [0.15, 0.2) is 65.9 Å². The van der Waals surface area contributed by atoms with Crippen molar-refractivity contribution in [1.82, 2.24) is 15.0 Å². The van der Waals surface area contributed by atoms with Crippen LogP contribution < -0.4 is 10.7 Å². The van der Waals surface area contributed by atoms with Gasteiger partial charge in [-0.2, -0.15) is 18.3 Å².